The zero-order valence-electron chi connectivity index (χ0n) is 7.16. The van der Waals surface area contributed by atoms with Gasteiger partial charge in [-0.05, 0) is 6.07 Å². The molecule has 0 spiro atoms. The van der Waals surface area contributed by atoms with Gasteiger partial charge in [0.05, 0.1) is 10.6 Å². The van der Waals surface area contributed by atoms with E-state index < -0.39 is 0 Å². The SMILES string of the molecule is Cc1nnc(-c2cnc(Cl)c(Cl)c2)o1. The van der Waals surface area contributed by atoms with Crippen molar-refractivity contribution in [1.29, 1.82) is 0 Å². The molecule has 2 heterocycles. The quantitative estimate of drug-likeness (QED) is 0.706. The fourth-order valence-electron chi connectivity index (χ4n) is 0.951. The van der Waals surface area contributed by atoms with E-state index in [4.69, 9.17) is 27.6 Å². The summed E-state index contributed by atoms with van der Waals surface area (Å²) in [7, 11) is 0. The second kappa shape index (κ2) is 3.55. The van der Waals surface area contributed by atoms with Crippen LogP contribution in [0.25, 0.3) is 11.5 Å². The van der Waals surface area contributed by atoms with Gasteiger partial charge >= 0.3 is 0 Å². The molecule has 2 rings (SSSR count). The number of halogens is 2. The Morgan fingerprint density at radius 1 is 1.29 bits per heavy atom. The maximum atomic E-state index is 5.79. The summed E-state index contributed by atoms with van der Waals surface area (Å²) in [5.74, 6) is 0.875. The average Bonchev–Trinajstić information content (AvgIpc) is 2.57. The first-order valence-corrected chi connectivity index (χ1v) is 4.54. The van der Waals surface area contributed by atoms with Crippen LogP contribution >= 0.6 is 23.2 Å². The summed E-state index contributed by atoms with van der Waals surface area (Å²) in [5, 5.41) is 8.14. The van der Waals surface area contributed by atoms with Crippen molar-refractivity contribution >= 4 is 23.2 Å². The molecule has 72 valence electrons. The second-order valence-electron chi connectivity index (χ2n) is 2.62. The van der Waals surface area contributed by atoms with Crippen molar-refractivity contribution < 1.29 is 4.42 Å². The van der Waals surface area contributed by atoms with Crippen LogP contribution in [-0.4, -0.2) is 15.2 Å². The molecule has 6 heteroatoms. The van der Waals surface area contributed by atoms with Crippen molar-refractivity contribution in [3.8, 4) is 11.5 Å². The number of hydrogen-bond donors (Lipinski definition) is 0. The number of pyridine rings is 1. The van der Waals surface area contributed by atoms with Crippen molar-refractivity contribution in [2.24, 2.45) is 0 Å². The van der Waals surface area contributed by atoms with Gasteiger partial charge in [-0.25, -0.2) is 4.98 Å². The van der Waals surface area contributed by atoms with E-state index in [1.165, 1.54) is 6.20 Å². The highest BCUT2D eigenvalue weighted by atomic mass is 35.5. The van der Waals surface area contributed by atoms with E-state index in [0.29, 0.717) is 22.4 Å². The van der Waals surface area contributed by atoms with E-state index >= 15 is 0 Å². The van der Waals surface area contributed by atoms with Gasteiger partial charge in [-0.15, -0.1) is 10.2 Å². The lowest BCUT2D eigenvalue weighted by Gasteiger charge is -1.96. The van der Waals surface area contributed by atoms with Crippen molar-refractivity contribution in [2.45, 2.75) is 6.92 Å². The third-order valence-electron chi connectivity index (χ3n) is 1.57. The van der Waals surface area contributed by atoms with Gasteiger partial charge < -0.3 is 4.42 Å². The number of aromatic nitrogens is 3. The minimum atomic E-state index is 0.256. The lowest BCUT2D eigenvalue weighted by atomic mass is 10.3. The van der Waals surface area contributed by atoms with Crippen LogP contribution in [0, 0.1) is 6.92 Å². The third-order valence-corrected chi connectivity index (χ3v) is 2.26. The van der Waals surface area contributed by atoms with Crippen LogP contribution in [0.1, 0.15) is 5.89 Å². The predicted molar refractivity (Wildman–Crippen MR) is 52.3 cm³/mol. The van der Waals surface area contributed by atoms with Crippen molar-refractivity contribution in [3.05, 3.63) is 28.3 Å². The van der Waals surface area contributed by atoms with Crippen molar-refractivity contribution in [2.75, 3.05) is 0 Å². The molecule has 0 aliphatic carbocycles. The molecular weight excluding hydrogens is 225 g/mol. The maximum absolute atomic E-state index is 5.79. The van der Waals surface area contributed by atoms with Crippen molar-refractivity contribution in [1.82, 2.24) is 15.2 Å². The predicted octanol–water partition coefficient (Wildman–Crippen LogP) is 2.75. The Kier molecular flexibility index (Phi) is 2.39. The number of nitrogens with zero attached hydrogens (tertiary/aromatic N) is 3. The van der Waals surface area contributed by atoms with Crippen molar-refractivity contribution in [3.63, 3.8) is 0 Å². The van der Waals surface area contributed by atoms with Crippen LogP contribution in [0.3, 0.4) is 0 Å². The molecule has 14 heavy (non-hydrogen) atoms. The molecule has 2 aromatic heterocycles. The lowest BCUT2D eigenvalue weighted by Crippen LogP contribution is -1.82. The Morgan fingerprint density at radius 3 is 2.64 bits per heavy atom. The van der Waals surface area contributed by atoms with E-state index in [1.54, 1.807) is 13.0 Å². The largest absolute Gasteiger partial charge is 0.421 e. The highest BCUT2D eigenvalue weighted by Gasteiger charge is 2.08. The van der Waals surface area contributed by atoms with E-state index in [-0.39, 0.29) is 5.15 Å². The van der Waals surface area contributed by atoms with Gasteiger partial charge in [-0.1, -0.05) is 23.2 Å². The van der Waals surface area contributed by atoms with Crippen LogP contribution in [0.5, 0.6) is 0 Å². The summed E-state index contributed by atoms with van der Waals surface area (Å²) in [6.45, 7) is 1.71. The standard InChI is InChI=1S/C8H5Cl2N3O/c1-4-12-13-8(14-4)5-2-6(9)7(10)11-3-5/h2-3H,1H3. The first-order chi connectivity index (χ1) is 6.66. The van der Waals surface area contributed by atoms with Gasteiger partial charge in [0.2, 0.25) is 11.8 Å². The molecule has 0 aliphatic rings. The Morgan fingerprint density at radius 2 is 2.07 bits per heavy atom. The molecule has 0 saturated heterocycles. The van der Waals surface area contributed by atoms with Gasteiger partial charge in [-0.3, -0.25) is 0 Å². The highest BCUT2D eigenvalue weighted by molar-refractivity contribution is 6.41. The molecule has 4 nitrogen and oxygen atoms in total. The Labute approximate surface area is 89.9 Å². The Bertz CT molecular complexity index is 469. The Balaban J connectivity index is 2.47. The van der Waals surface area contributed by atoms with Crippen LogP contribution in [0.15, 0.2) is 16.7 Å². The molecule has 0 fully saturated rings. The molecule has 0 saturated carbocycles. The third kappa shape index (κ3) is 1.71. The molecule has 0 bridgehead atoms. The number of rotatable bonds is 1. The zero-order chi connectivity index (χ0) is 10.1. The van der Waals surface area contributed by atoms with Gasteiger partial charge in [0.25, 0.3) is 0 Å². The minimum Gasteiger partial charge on any atom is -0.421 e. The van der Waals surface area contributed by atoms with Gasteiger partial charge in [0, 0.05) is 13.1 Å². The number of aryl methyl sites for hydroxylation is 1. The monoisotopic (exact) mass is 229 g/mol. The smallest absolute Gasteiger partial charge is 0.249 e. The molecule has 0 aliphatic heterocycles. The highest BCUT2D eigenvalue weighted by Crippen LogP contribution is 2.25. The second-order valence-corrected chi connectivity index (χ2v) is 3.39. The fourth-order valence-corrected chi connectivity index (χ4v) is 1.22. The topological polar surface area (TPSA) is 51.8 Å². The summed E-state index contributed by atoms with van der Waals surface area (Å²) in [6, 6.07) is 1.63. The van der Waals surface area contributed by atoms with Gasteiger partial charge in [0.15, 0.2) is 0 Å². The molecule has 0 amide bonds. The maximum Gasteiger partial charge on any atom is 0.249 e. The van der Waals surface area contributed by atoms with Crippen LogP contribution in [0.2, 0.25) is 10.2 Å². The van der Waals surface area contributed by atoms with Gasteiger partial charge in [-0.2, -0.15) is 0 Å². The molecule has 0 atom stereocenters. The molecule has 0 aromatic carbocycles. The van der Waals surface area contributed by atoms with E-state index in [9.17, 15) is 0 Å². The summed E-state index contributed by atoms with van der Waals surface area (Å²) in [6.07, 6.45) is 1.53. The lowest BCUT2D eigenvalue weighted by molar-refractivity contribution is 0.532. The zero-order valence-corrected chi connectivity index (χ0v) is 8.67. The first kappa shape index (κ1) is 9.43. The molecule has 0 unspecified atom stereocenters. The molecule has 0 radical (unpaired) electrons. The minimum absolute atomic E-state index is 0.256. The van der Waals surface area contributed by atoms with Gasteiger partial charge in [0.1, 0.15) is 5.15 Å². The van der Waals surface area contributed by atoms with Crippen LogP contribution < -0.4 is 0 Å². The Hall–Kier alpha value is -1.13. The summed E-state index contributed by atoms with van der Waals surface area (Å²) < 4.78 is 5.20. The van der Waals surface area contributed by atoms with E-state index in [2.05, 4.69) is 15.2 Å². The van der Waals surface area contributed by atoms with E-state index in [0.717, 1.165) is 0 Å². The van der Waals surface area contributed by atoms with Crippen LogP contribution in [0.4, 0.5) is 0 Å². The van der Waals surface area contributed by atoms with Crippen LogP contribution in [-0.2, 0) is 0 Å². The number of hydrogen-bond acceptors (Lipinski definition) is 4. The van der Waals surface area contributed by atoms with E-state index in [1.807, 2.05) is 0 Å². The molecule has 0 N–H and O–H groups in total. The molecular formula is C8H5Cl2N3O. The first-order valence-electron chi connectivity index (χ1n) is 3.78. The summed E-state index contributed by atoms with van der Waals surface area (Å²) in [5.41, 5.74) is 0.653. The summed E-state index contributed by atoms with van der Waals surface area (Å²) in [4.78, 5) is 3.87. The summed E-state index contributed by atoms with van der Waals surface area (Å²) >= 11 is 11.4. The fraction of sp³-hybridized carbons (Fsp3) is 0.125. The molecule has 2 aromatic rings. The normalized spacial score (nSPS) is 10.5. The average molecular weight is 230 g/mol.